The van der Waals surface area contributed by atoms with Gasteiger partial charge in [0, 0.05) is 6.07 Å². The van der Waals surface area contributed by atoms with Gasteiger partial charge in [-0.05, 0) is 25.0 Å². The van der Waals surface area contributed by atoms with E-state index in [-0.39, 0.29) is 17.9 Å². The number of halogens is 3. The molecule has 0 spiro atoms. The lowest BCUT2D eigenvalue weighted by atomic mass is 10.1. The number of sulfone groups is 1. The Labute approximate surface area is 125 Å². The van der Waals surface area contributed by atoms with Crippen LogP contribution in [0.4, 0.5) is 13.2 Å². The van der Waals surface area contributed by atoms with Crippen LogP contribution in [0.5, 0.6) is 0 Å². The predicted octanol–water partition coefficient (Wildman–Crippen LogP) is 3.16. The van der Waals surface area contributed by atoms with Crippen molar-refractivity contribution in [3.05, 3.63) is 52.9 Å². The van der Waals surface area contributed by atoms with E-state index in [0.717, 1.165) is 12.1 Å². The third kappa shape index (κ3) is 4.59. The van der Waals surface area contributed by atoms with Gasteiger partial charge in [-0.15, -0.1) is 0 Å². The van der Waals surface area contributed by atoms with Crippen LogP contribution in [0.1, 0.15) is 22.6 Å². The molecule has 2 rings (SSSR count). The fourth-order valence-corrected chi connectivity index (χ4v) is 3.24. The highest BCUT2D eigenvalue weighted by Gasteiger charge is 2.30. The minimum absolute atomic E-state index is 0.0170. The van der Waals surface area contributed by atoms with E-state index in [1.165, 1.54) is 18.2 Å². The summed E-state index contributed by atoms with van der Waals surface area (Å²) in [5.74, 6) is -0.0353. The Morgan fingerprint density at radius 1 is 1.23 bits per heavy atom. The van der Waals surface area contributed by atoms with Gasteiger partial charge in [-0.1, -0.05) is 23.4 Å². The third-order valence-corrected chi connectivity index (χ3v) is 4.56. The summed E-state index contributed by atoms with van der Waals surface area (Å²) in [5, 5.41) is 3.60. The minimum atomic E-state index is -4.44. The Morgan fingerprint density at radius 2 is 1.95 bits per heavy atom. The van der Waals surface area contributed by atoms with E-state index in [4.69, 9.17) is 4.52 Å². The molecule has 8 heteroatoms. The van der Waals surface area contributed by atoms with Crippen LogP contribution in [-0.2, 0) is 28.2 Å². The van der Waals surface area contributed by atoms with Gasteiger partial charge in [-0.25, -0.2) is 8.42 Å². The van der Waals surface area contributed by atoms with E-state index < -0.39 is 21.6 Å². The van der Waals surface area contributed by atoms with E-state index in [2.05, 4.69) is 5.16 Å². The number of alkyl halides is 3. The molecule has 22 heavy (non-hydrogen) atoms. The van der Waals surface area contributed by atoms with E-state index in [0.29, 0.717) is 17.0 Å². The third-order valence-electron chi connectivity index (χ3n) is 3.00. The molecule has 0 bridgehead atoms. The number of aromatic nitrogens is 1. The molecule has 120 valence electrons. The fourth-order valence-electron chi connectivity index (χ4n) is 1.96. The van der Waals surface area contributed by atoms with E-state index in [1.807, 2.05) is 0 Å². The largest absolute Gasteiger partial charge is 0.416 e. The van der Waals surface area contributed by atoms with Gasteiger partial charge >= 0.3 is 6.18 Å². The first kappa shape index (κ1) is 16.5. The second-order valence-corrected chi connectivity index (χ2v) is 7.15. The molecule has 1 aromatic heterocycles. The van der Waals surface area contributed by atoms with Gasteiger partial charge in [0.25, 0.3) is 0 Å². The Bertz CT molecular complexity index is 751. The molecule has 2 aromatic rings. The second-order valence-electron chi connectivity index (χ2n) is 4.97. The second kappa shape index (κ2) is 6.12. The van der Waals surface area contributed by atoms with Crippen molar-refractivity contribution in [3.8, 4) is 0 Å². The average Bonchev–Trinajstić information content (AvgIpc) is 2.80. The fraction of sp³-hybridized carbons (Fsp3) is 0.357. The van der Waals surface area contributed by atoms with Crippen molar-refractivity contribution in [3.63, 3.8) is 0 Å². The first-order valence-corrected chi connectivity index (χ1v) is 8.27. The van der Waals surface area contributed by atoms with Crippen molar-refractivity contribution >= 4 is 9.84 Å². The lowest BCUT2D eigenvalue weighted by molar-refractivity contribution is -0.137. The number of benzene rings is 1. The van der Waals surface area contributed by atoms with Gasteiger partial charge in [-0.3, -0.25) is 0 Å². The molecule has 0 unspecified atom stereocenters. The van der Waals surface area contributed by atoms with Gasteiger partial charge in [0.05, 0.1) is 22.8 Å². The number of nitrogens with zero attached hydrogens (tertiary/aromatic N) is 1. The van der Waals surface area contributed by atoms with E-state index in [9.17, 15) is 21.6 Å². The molecule has 1 aromatic carbocycles. The summed E-state index contributed by atoms with van der Waals surface area (Å²) in [4.78, 5) is 0. The van der Waals surface area contributed by atoms with Gasteiger partial charge in [0.2, 0.25) is 0 Å². The number of rotatable bonds is 5. The maximum atomic E-state index is 12.6. The molecule has 4 nitrogen and oxygen atoms in total. The molecule has 0 aliphatic carbocycles. The SMILES string of the molecule is Cc1cc(CS(=O)(=O)CCc2cccc(C(F)(F)F)c2)no1. The Hall–Kier alpha value is -1.83. The van der Waals surface area contributed by atoms with Crippen LogP contribution in [0.3, 0.4) is 0 Å². The first-order chi connectivity index (χ1) is 10.2. The van der Waals surface area contributed by atoms with Crippen LogP contribution < -0.4 is 0 Å². The summed E-state index contributed by atoms with van der Waals surface area (Å²) in [6, 6.07) is 6.19. The van der Waals surface area contributed by atoms with E-state index >= 15 is 0 Å². The van der Waals surface area contributed by atoms with Crippen molar-refractivity contribution in [2.45, 2.75) is 25.3 Å². The topological polar surface area (TPSA) is 60.2 Å². The van der Waals surface area contributed by atoms with Crippen LogP contribution in [0.2, 0.25) is 0 Å². The molecule has 0 fully saturated rings. The molecule has 0 N–H and O–H groups in total. The zero-order valence-corrected chi connectivity index (χ0v) is 12.5. The summed E-state index contributed by atoms with van der Waals surface area (Å²) in [6.07, 6.45) is -4.42. The van der Waals surface area contributed by atoms with E-state index in [1.54, 1.807) is 6.92 Å². The summed E-state index contributed by atoms with van der Waals surface area (Å²) in [7, 11) is -3.47. The van der Waals surface area contributed by atoms with Gasteiger partial charge in [0.15, 0.2) is 9.84 Å². The molecule has 0 atom stereocenters. The summed E-state index contributed by atoms with van der Waals surface area (Å²) < 4.78 is 66.5. The number of aryl methyl sites for hydroxylation is 2. The normalized spacial score (nSPS) is 12.5. The maximum absolute atomic E-state index is 12.6. The molecular weight excluding hydrogens is 319 g/mol. The zero-order chi connectivity index (χ0) is 16.4. The van der Waals surface area contributed by atoms with Crippen LogP contribution in [0.25, 0.3) is 0 Å². The van der Waals surface area contributed by atoms with Crippen LogP contribution in [0.15, 0.2) is 34.9 Å². The Balaban J connectivity index is 2.03. The maximum Gasteiger partial charge on any atom is 0.416 e. The quantitative estimate of drug-likeness (QED) is 0.843. The lowest BCUT2D eigenvalue weighted by Gasteiger charge is -2.08. The summed E-state index contributed by atoms with van der Waals surface area (Å²) in [6.45, 7) is 1.64. The monoisotopic (exact) mass is 333 g/mol. The minimum Gasteiger partial charge on any atom is -0.361 e. The van der Waals surface area contributed by atoms with Gasteiger partial charge in [-0.2, -0.15) is 13.2 Å². The van der Waals surface area contributed by atoms with Gasteiger partial charge < -0.3 is 4.52 Å². The van der Waals surface area contributed by atoms with Crippen molar-refractivity contribution in [1.82, 2.24) is 5.16 Å². The Morgan fingerprint density at radius 3 is 2.55 bits per heavy atom. The molecule has 0 aliphatic rings. The van der Waals surface area contributed by atoms with Gasteiger partial charge in [0.1, 0.15) is 5.76 Å². The van der Waals surface area contributed by atoms with Crippen LogP contribution >= 0.6 is 0 Å². The predicted molar refractivity (Wildman–Crippen MR) is 73.9 cm³/mol. The number of hydrogen-bond acceptors (Lipinski definition) is 4. The first-order valence-electron chi connectivity index (χ1n) is 6.44. The summed E-state index contributed by atoms with van der Waals surface area (Å²) in [5.41, 5.74) is -0.161. The standard InChI is InChI=1S/C14H14F3NO3S/c1-10-7-13(18-21-10)9-22(19,20)6-5-11-3-2-4-12(8-11)14(15,16)17/h2-4,7-8H,5-6,9H2,1H3. The molecule has 1 heterocycles. The Kier molecular flexibility index (Phi) is 4.60. The van der Waals surface area contributed by atoms with Crippen molar-refractivity contribution in [2.75, 3.05) is 5.75 Å². The molecule has 0 aliphatic heterocycles. The zero-order valence-electron chi connectivity index (χ0n) is 11.7. The molecule has 0 saturated heterocycles. The van der Waals surface area contributed by atoms with Crippen molar-refractivity contribution < 1.29 is 26.1 Å². The average molecular weight is 333 g/mol. The lowest BCUT2D eigenvalue weighted by Crippen LogP contribution is -2.12. The summed E-state index contributed by atoms with van der Waals surface area (Å²) >= 11 is 0. The highest BCUT2D eigenvalue weighted by molar-refractivity contribution is 7.90. The highest BCUT2D eigenvalue weighted by Crippen LogP contribution is 2.29. The highest BCUT2D eigenvalue weighted by atomic mass is 32.2. The smallest absolute Gasteiger partial charge is 0.361 e. The molecule has 0 amide bonds. The van der Waals surface area contributed by atoms with Crippen LogP contribution in [-0.4, -0.2) is 19.3 Å². The molecule has 0 radical (unpaired) electrons. The van der Waals surface area contributed by atoms with Crippen molar-refractivity contribution in [2.24, 2.45) is 0 Å². The van der Waals surface area contributed by atoms with Crippen LogP contribution in [0, 0.1) is 6.92 Å². The molecule has 0 saturated carbocycles. The number of hydrogen-bond donors (Lipinski definition) is 0. The van der Waals surface area contributed by atoms with Crippen molar-refractivity contribution in [1.29, 1.82) is 0 Å². The molecular formula is C14H14F3NO3S.